The molecule has 0 aliphatic heterocycles. The number of para-hydroxylation sites is 2. The summed E-state index contributed by atoms with van der Waals surface area (Å²) >= 11 is 12.1. The highest BCUT2D eigenvalue weighted by atomic mass is 35.5. The van der Waals surface area contributed by atoms with Crippen LogP contribution in [0.2, 0.25) is 10.0 Å². The molecule has 37 heavy (non-hydrogen) atoms. The average molecular weight is 545 g/mol. The number of fused-ring (bicyclic) bond motifs is 1. The fourth-order valence-electron chi connectivity index (χ4n) is 5.05. The first-order valence-corrected chi connectivity index (χ1v) is 15.0. The van der Waals surface area contributed by atoms with Crippen molar-refractivity contribution in [3.05, 3.63) is 63.7 Å². The fourth-order valence-corrected chi connectivity index (χ4v) is 5.35. The van der Waals surface area contributed by atoms with Crippen LogP contribution in [0.3, 0.4) is 0 Å². The summed E-state index contributed by atoms with van der Waals surface area (Å²) in [6.45, 7) is 3.17. The molecule has 0 spiro atoms. The first kappa shape index (κ1) is 29.5. The van der Waals surface area contributed by atoms with Gasteiger partial charge in [-0.05, 0) is 36.8 Å². The molecule has 0 atom stereocenters. The van der Waals surface area contributed by atoms with E-state index in [1.807, 2.05) is 28.8 Å². The second kappa shape index (κ2) is 16.0. The van der Waals surface area contributed by atoms with Gasteiger partial charge in [0, 0.05) is 12.1 Å². The Labute approximate surface area is 232 Å². The highest BCUT2D eigenvalue weighted by Crippen LogP contribution is 2.23. The molecule has 1 N–H and O–H groups in total. The van der Waals surface area contributed by atoms with Gasteiger partial charge in [-0.1, -0.05) is 126 Å². The molecule has 6 heteroatoms. The van der Waals surface area contributed by atoms with Crippen LogP contribution in [0.1, 0.15) is 107 Å². The Morgan fingerprint density at radius 2 is 1.22 bits per heavy atom. The Kier molecular flexibility index (Phi) is 12.8. The molecule has 3 rings (SSSR count). The highest BCUT2D eigenvalue weighted by molar-refractivity contribution is 6.42. The van der Waals surface area contributed by atoms with Crippen LogP contribution in [0.25, 0.3) is 11.0 Å². The number of unbranched alkanes of at least 4 members (excludes halogenated alkanes) is 13. The zero-order valence-corrected chi connectivity index (χ0v) is 23.9. The summed E-state index contributed by atoms with van der Waals surface area (Å²) in [6, 6.07) is 12.9. The van der Waals surface area contributed by atoms with E-state index in [2.05, 4.69) is 6.92 Å². The number of aryl methyl sites for hydroxylation is 1. The van der Waals surface area contributed by atoms with Gasteiger partial charge in [0.25, 0.3) is 0 Å². The van der Waals surface area contributed by atoms with E-state index in [-0.39, 0.29) is 12.3 Å². The zero-order chi connectivity index (χ0) is 26.5. The van der Waals surface area contributed by atoms with Crippen molar-refractivity contribution < 1.29 is 4.79 Å². The van der Waals surface area contributed by atoms with Crippen LogP contribution < -0.4 is 5.62 Å². The van der Waals surface area contributed by atoms with Crippen molar-refractivity contribution in [3.63, 3.8) is 0 Å². The molecule has 1 heterocycles. The Morgan fingerprint density at radius 3 is 1.76 bits per heavy atom. The number of nitrogens with zero attached hydrogens (tertiary/aromatic N) is 2. The van der Waals surface area contributed by atoms with E-state index in [0.29, 0.717) is 21.2 Å². The van der Waals surface area contributed by atoms with Crippen molar-refractivity contribution >= 4 is 40.0 Å². The number of hydrogen-bond donors (Lipinski definition) is 1. The summed E-state index contributed by atoms with van der Waals surface area (Å²) in [5.41, 5.74) is 2.78. The third-order valence-corrected chi connectivity index (χ3v) is 7.99. The predicted molar refractivity (Wildman–Crippen MR) is 157 cm³/mol. The van der Waals surface area contributed by atoms with Gasteiger partial charge in [0.05, 0.1) is 27.6 Å². The molecule has 0 aliphatic rings. The number of aromatic nitrogens is 2. The van der Waals surface area contributed by atoms with Crippen LogP contribution in [0, 0.1) is 5.41 Å². The van der Waals surface area contributed by atoms with Gasteiger partial charge >= 0.3 is 0 Å². The SMILES string of the molecule is CCCCCCCCCCCCCCCCn1c(=N)n(CC(=O)c2ccc(Cl)c(Cl)c2)c2ccccc21. The van der Waals surface area contributed by atoms with Gasteiger partial charge in [-0.15, -0.1) is 0 Å². The van der Waals surface area contributed by atoms with Crippen molar-refractivity contribution in [1.82, 2.24) is 9.13 Å². The van der Waals surface area contributed by atoms with Crippen LogP contribution in [-0.2, 0) is 13.1 Å². The van der Waals surface area contributed by atoms with Gasteiger partial charge in [-0.2, -0.15) is 0 Å². The minimum absolute atomic E-state index is 0.0866. The molecular formula is C31H43Cl2N3O. The smallest absolute Gasteiger partial charge is 0.203 e. The van der Waals surface area contributed by atoms with E-state index < -0.39 is 0 Å². The number of ketones is 1. The van der Waals surface area contributed by atoms with Crippen LogP contribution in [0.5, 0.6) is 0 Å². The maximum atomic E-state index is 13.0. The maximum absolute atomic E-state index is 13.0. The molecule has 2 aromatic carbocycles. The summed E-state index contributed by atoms with van der Waals surface area (Å²) in [7, 11) is 0. The van der Waals surface area contributed by atoms with Crippen molar-refractivity contribution in [2.75, 3.05) is 0 Å². The Bertz CT molecular complexity index is 1180. The summed E-state index contributed by atoms with van der Waals surface area (Å²) < 4.78 is 3.84. The average Bonchev–Trinajstić information content (AvgIpc) is 3.16. The molecule has 0 radical (unpaired) electrons. The lowest BCUT2D eigenvalue weighted by Gasteiger charge is -2.06. The number of halogens is 2. The summed E-state index contributed by atoms with van der Waals surface area (Å²) in [6.07, 6.45) is 18.6. The van der Waals surface area contributed by atoms with Gasteiger partial charge < -0.3 is 9.13 Å². The molecule has 0 amide bonds. The largest absolute Gasteiger partial charge is 0.310 e. The number of hydrogen-bond acceptors (Lipinski definition) is 2. The van der Waals surface area contributed by atoms with Gasteiger partial charge in [0.1, 0.15) is 0 Å². The monoisotopic (exact) mass is 543 g/mol. The highest BCUT2D eigenvalue weighted by Gasteiger charge is 2.15. The summed E-state index contributed by atoms with van der Waals surface area (Å²) in [4.78, 5) is 13.0. The summed E-state index contributed by atoms with van der Waals surface area (Å²) in [5, 5.41) is 9.60. The molecule has 0 saturated heterocycles. The van der Waals surface area contributed by atoms with Crippen LogP contribution in [-0.4, -0.2) is 14.9 Å². The van der Waals surface area contributed by atoms with Crippen LogP contribution in [0.15, 0.2) is 42.5 Å². The van der Waals surface area contributed by atoms with Crippen molar-refractivity contribution in [2.24, 2.45) is 0 Å². The molecule has 202 valence electrons. The van der Waals surface area contributed by atoms with E-state index in [0.717, 1.165) is 24.0 Å². The molecule has 0 aliphatic carbocycles. The lowest BCUT2D eigenvalue weighted by Crippen LogP contribution is -2.27. The first-order valence-electron chi connectivity index (χ1n) is 14.2. The molecule has 0 saturated carbocycles. The van der Waals surface area contributed by atoms with E-state index in [9.17, 15) is 4.79 Å². The second-order valence-corrected chi connectivity index (χ2v) is 11.0. The molecule has 4 nitrogen and oxygen atoms in total. The van der Waals surface area contributed by atoms with Gasteiger partial charge in [-0.25, -0.2) is 0 Å². The van der Waals surface area contributed by atoms with E-state index >= 15 is 0 Å². The Morgan fingerprint density at radius 1 is 0.703 bits per heavy atom. The third-order valence-electron chi connectivity index (χ3n) is 7.25. The summed E-state index contributed by atoms with van der Waals surface area (Å²) in [5.74, 6) is -0.0866. The zero-order valence-electron chi connectivity index (χ0n) is 22.4. The molecular weight excluding hydrogens is 501 g/mol. The predicted octanol–water partition coefficient (Wildman–Crippen LogP) is 9.59. The molecule has 1 aromatic heterocycles. The number of carbonyl (C=O) groups is 1. The number of benzene rings is 2. The van der Waals surface area contributed by atoms with Crippen LogP contribution >= 0.6 is 23.2 Å². The minimum Gasteiger partial charge on any atom is -0.310 e. The number of nitrogens with one attached hydrogen (secondary N) is 1. The normalized spacial score (nSPS) is 11.4. The number of imidazole rings is 1. The maximum Gasteiger partial charge on any atom is 0.203 e. The van der Waals surface area contributed by atoms with E-state index in [1.54, 1.807) is 22.8 Å². The third kappa shape index (κ3) is 9.04. The fraction of sp³-hybridized carbons (Fsp3) is 0.548. The second-order valence-electron chi connectivity index (χ2n) is 10.2. The molecule has 0 fully saturated rings. The van der Waals surface area contributed by atoms with Gasteiger partial charge in [-0.3, -0.25) is 10.2 Å². The van der Waals surface area contributed by atoms with Crippen LogP contribution in [0.4, 0.5) is 0 Å². The number of carbonyl (C=O) groups excluding carboxylic acids is 1. The van der Waals surface area contributed by atoms with Gasteiger partial charge in [0.15, 0.2) is 5.78 Å². The van der Waals surface area contributed by atoms with Crippen molar-refractivity contribution in [2.45, 2.75) is 110 Å². The molecule has 0 unspecified atom stereocenters. The molecule has 0 bridgehead atoms. The Hall–Kier alpha value is -2.04. The number of rotatable bonds is 18. The molecule has 3 aromatic rings. The minimum atomic E-state index is -0.0866. The van der Waals surface area contributed by atoms with Gasteiger partial charge in [0.2, 0.25) is 5.62 Å². The standard InChI is InChI=1S/C31H43Cl2N3O/c1-2-3-4-5-6-7-8-9-10-11-12-13-14-17-22-35-28-18-15-16-19-29(28)36(31(35)34)24-30(37)25-20-21-26(32)27(33)23-25/h15-16,18-21,23,34H,2-14,17,22,24H2,1H3. The lowest BCUT2D eigenvalue weighted by atomic mass is 10.0. The van der Waals surface area contributed by atoms with Crippen molar-refractivity contribution in [3.8, 4) is 0 Å². The number of Topliss-reactive ketones (excluding diaryl/α,β-unsaturated/α-hetero) is 1. The Balaban J connectivity index is 1.43. The lowest BCUT2D eigenvalue weighted by molar-refractivity contribution is 0.0971. The quantitative estimate of drug-likeness (QED) is 0.126. The van der Waals surface area contributed by atoms with E-state index in [4.69, 9.17) is 28.6 Å². The first-order chi connectivity index (χ1) is 18.0. The van der Waals surface area contributed by atoms with E-state index in [1.165, 1.54) is 83.5 Å². The van der Waals surface area contributed by atoms with Crippen molar-refractivity contribution in [1.29, 1.82) is 5.41 Å². The topological polar surface area (TPSA) is 50.8 Å².